The first-order valence-corrected chi connectivity index (χ1v) is 8.10. The molecule has 1 aromatic rings. The van der Waals surface area contributed by atoms with Crippen LogP contribution in [-0.4, -0.2) is 24.2 Å². The number of benzene rings is 1. The summed E-state index contributed by atoms with van der Waals surface area (Å²) >= 11 is 0. The molecule has 0 bridgehead atoms. The highest BCUT2D eigenvalue weighted by atomic mass is 19.1. The number of carbonyl (C=O) groups excluding carboxylic acids is 1. The number of hydrogen-bond acceptors (Lipinski definition) is 4. The van der Waals surface area contributed by atoms with Crippen LogP contribution < -0.4 is 10.3 Å². The number of rotatable bonds is 4. The van der Waals surface area contributed by atoms with Crippen molar-refractivity contribution in [2.75, 3.05) is 11.4 Å². The Morgan fingerprint density at radius 3 is 2.92 bits per heavy atom. The second-order valence-electron chi connectivity index (χ2n) is 6.72. The van der Waals surface area contributed by atoms with Crippen LogP contribution in [0.3, 0.4) is 0 Å². The van der Waals surface area contributed by atoms with Gasteiger partial charge in [-0.1, -0.05) is 6.92 Å². The van der Waals surface area contributed by atoms with Gasteiger partial charge in [0.2, 0.25) is 0 Å². The van der Waals surface area contributed by atoms with Crippen LogP contribution in [0.2, 0.25) is 0 Å². The molecular formula is C18H23FN4O. The quantitative estimate of drug-likeness (QED) is 0.680. The van der Waals surface area contributed by atoms with Crippen LogP contribution in [0.5, 0.6) is 0 Å². The summed E-state index contributed by atoms with van der Waals surface area (Å²) in [4.78, 5) is 13.4. The minimum atomic E-state index is -0.514. The Kier molecular flexibility index (Phi) is 5.23. The van der Waals surface area contributed by atoms with Crippen LogP contribution >= 0.6 is 0 Å². The van der Waals surface area contributed by atoms with Crippen molar-refractivity contribution in [3.05, 3.63) is 29.1 Å². The third-order valence-electron chi connectivity index (χ3n) is 4.45. The van der Waals surface area contributed by atoms with E-state index in [1.165, 1.54) is 6.21 Å². The van der Waals surface area contributed by atoms with Crippen LogP contribution in [-0.2, 0) is 4.79 Å². The zero-order valence-corrected chi connectivity index (χ0v) is 14.6. The van der Waals surface area contributed by atoms with Crippen LogP contribution in [0.4, 0.5) is 10.1 Å². The Morgan fingerprint density at radius 2 is 2.29 bits per heavy atom. The predicted molar refractivity (Wildman–Crippen MR) is 92.5 cm³/mol. The number of amides is 1. The van der Waals surface area contributed by atoms with E-state index in [2.05, 4.69) is 43.1 Å². The largest absolute Gasteiger partial charge is 0.366 e. The normalized spacial score (nSPS) is 19.0. The van der Waals surface area contributed by atoms with E-state index in [1.807, 2.05) is 0 Å². The smallest absolute Gasteiger partial charge is 0.254 e. The molecule has 0 aliphatic carbocycles. The fourth-order valence-corrected chi connectivity index (χ4v) is 3.50. The molecule has 5 nitrogen and oxygen atoms in total. The number of hydrazone groups is 1. The van der Waals surface area contributed by atoms with Gasteiger partial charge in [-0.25, -0.2) is 9.82 Å². The Hall–Kier alpha value is -2.42. The molecule has 1 aromatic carbocycles. The Labute approximate surface area is 142 Å². The van der Waals surface area contributed by atoms with Crippen molar-refractivity contribution in [1.29, 1.82) is 5.26 Å². The molecular weight excluding hydrogens is 307 g/mol. The van der Waals surface area contributed by atoms with Gasteiger partial charge in [0, 0.05) is 23.3 Å². The van der Waals surface area contributed by atoms with E-state index in [1.54, 1.807) is 18.2 Å². The van der Waals surface area contributed by atoms with Crippen molar-refractivity contribution in [2.45, 2.75) is 52.0 Å². The molecule has 0 saturated carbocycles. The van der Waals surface area contributed by atoms with Gasteiger partial charge in [0.05, 0.1) is 12.3 Å². The molecule has 1 atom stereocenters. The van der Waals surface area contributed by atoms with Gasteiger partial charge in [-0.05, 0) is 50.8 Å². The van der Waals surface area contributed by atoms with E-state index in [9.17, 15) is 9.18 Å². The van der Waals surface area contributed by atoms with Gasteiger partial charge in [-0.15, -0.1) is 0 Å². The number of fused-ring (bicyclic) bond motifs is 1. The highest BCUT2D eigenvalue weighted by Crippen LogP contribution is 2.43. The number of halogens is 1. The fraction of sp³-hybridized carbons (Fsp3) is 0.500. The molecule has 128 valence electrons. The maximum atomic E-state index is 14.5. The van der Waals surface area contributed by atoms with Gasteiger partial charge in [-0.3, -0.25) is 4.79 Å². The minimum Gasteiger partial charge on any atom is -0.366 e. The number of anilines is 1. The lowest BCUT2D eigenvalue weighted by molar-refractivity contribution is -0.120. The van der Waals surface area contributed by atoms with E-state index in [4.69, 9.17) is 5.26 Å². The monoisotopic (exact) mass is 330 g/mol. The van der Waals surface area contributed by atoms with Crippen molar-refractivity contribution < 1.29 is 9.18 Å². The molecule has 1 unspecified atom stereocenters. The van der Waals surface area contributed by atoms with Crippen molar-refractivity contribution in [2.24, 2.45) is 5.10 Å². The average molecular weight is 330 g/mol. The number of nitriles is 1. The highest BCUT2D eigenvalue weighted by molar-refractivity contribution is 5.84. The summed E-state index contributed by atoms with van der Waals surface area (Å²) in [6.07, 6.45) is 1.99. The number of carbonyl (C=O) groups is 1. The van der Waals surface area contributed by atoms with Gasteiger partial charge >= 0.3 is 0 Å². The van der Waals surface area contributed by atoms with Gasteiger partial charge in [0.1, 0.15) is 12.2 Å². The van der Waals surface area contributed by atoms with Gasteiger partial charge < -0.3 is 4.90 Å². The van der Waals surface area contributed by atoms with Crippen LogP contribution in [0.25, 0.3) is 0 Å². The molecule has 1 aliphatic rings. The summed E-state index contributed by atoms with van der Waals surface area (Å²) in [5, 5.41) is 12.2. The van der Waals surface area contributed by atoms with E-state index in [0.29, 0.717) is 11.5 Å². The van der Waals surface area contributed by atoms with Crippen LogP contribution in [0.15, 0.2) is 17.2 Å². The maximum Gasteiger partial charge on any atom is 0.254 e. The second kappa shape index (κ2) is 7.00. The lowest BCUT2D eigenvalue weighted by Gasteiger charge is -2.47. The van der Waals surface area contributed by atoms with Crippen LogP contribution in [0, 0.1) is 17.1 Å². The van der Waals surface area contributed by atoms with E-state index in [0.717, 1.165) is 24.2 Å². The van der Waals surface area contributed by atoms with Crippen molar-refractivity contribution in [3.63, 3.8) is 0 Å². The molecule has 1 heterocycles. The predicted octanol–water partition coefficient (Wildman–Crippen LogP) is 3.30. The first kappa shape index (κ1) is 17.9. The Bertz CT molecular complexity index is 706. The minimum absolute atomic E-state index is 0.0194. The zero-order chi connectivity index (χ0) is 17.9. The lowest BCUT2D eigenvalue weighted by atomic mass is 9.79. The first-order chi connectivity index (χ1) is 11.3. The molecule has 1 amide bonds. The molecule has 0 saturated heterocycles. The average Bonchev–Trinajstić information content (AvgIpc) is 2.48. The van der Waals surface area contributed by atoms with Crippen LogP contribution in [0.1, 0.15) is 57.6 Å². The van der Waals surface area contributed by atoms with Gasteiger partial charge in [0.15, 0.2) is 0 Å². The summed E-state index contributed by atoms with van der Waals surface area (Å²) < 4.78 is 14.5. The summed E-state index contributed by atoms with van der Waals surface area (Å²) in [6.45, 7) is 9.37. The van der Waals surface area contributed by atoms with Gasteiger partial charge in [0.25, 0.3) is 5.91 Å². The highest BCUT2D eigenvalue weighted by Gasteiger charge is 2.36. The Morgan fingerprint density at radius 1 is 1.58 bits per heavy atom. The molecule has 0 radical (unpaired) electrons. The first-order valence-electron chi connectivity index (χ1n) is 8.10. The molecule has 0 fully saturated rings. The lowest BCUT2D eigenvalue weighted by Crippen LogP contribution is -2.48. The third-order valence-corrected chi connectivity index (χ3v) is 4.45. The summed E-state index contributed by atoms with van der Waals surface area (Å²) in [5.74, 6) is -0.589. The van der Waals surface area contributed by atoms with E-state index < -0.39 is 5.91 Å². The molecule has 0 spiro atoms. The third kappa shape index (κ3) is 3.56. The molecule has 2 rings (SSSR count). The zero-order valence-electron chi connectivity index (χ0n) is 14.6. The second-order valence-corrected chi connectivity index (χ2v) is 6.72. The van der Waals surface area contributed by atoms with Gasteiger partial charge in [-0.2, -0.15) is 10.4 Å². The van der Waals surface area contributed by atoms with E-state index in [-0.39, 0.29) is 17.8 Å². The van der Waals surface area contributed by atoms with Crippen molar-refractivity contribution in [3.8, 4) is 6.07 Å². The summed E-state index contributed by atoms with van der Waals surface area (Å²) in [5.41, 5.74) is 4.53. The van der Waals surface area contributed by atoms with E-state index >= 15 is 0 Å². The Balaban J connectivity index is 2.33. The summed E-state index contributed by atoms with van der Waals surface area (Å²) in [6, 6.07) is 5.08. The fourth-order valence-electron chi connectivity index (χ4n) is 3.50. The molecule has 0 aromatic heterocycles. The number of hydrogen-bond donors (Lipinski definition) is 1. The topological polar surface area (TPSA) is 68.5 Å². The van der Waals surface area contributed by atoms with Crippen molar-refractivity contribution >= 4 is 17.8 Å². The molecule has 1 N–H and O–H groups in total. The molecule has 24 heavy (non-hydrogen) atoms. The molecule has 6 heteroatoms. The number of nitrogens with zero attached hydrogens (tertiary/aromatic N) is 3. The number of nitrogens with one attached hydrogen (secondary N) is 1. The summed E-state index contributed by atoms with van der Waals surface area (Å²) in [7, 11) is 0. The standard InChI is InChI=1S/C18H23FN4O/c1-5-23-16-9-15(19)13(11-21-22-17(24)6-7-20)8-14(16)12(2)10-18(23,3)4/h8-9,11-12H,5-6,10H2,1-4H3,(H,22,24)/b21-11-. The maximum absolute atomic E-state index is 14.5. The van der Waals surface area contributed by atoms with Crippen molar-refractivity contribution in [1.82, 2.24) is 5.43 Å². The SMILES string of the molecule is CCN1c2cc(F)c(/C=N\NC(=O)CC#N)cc2C(C)CC1(C)C. The molecule has 1 aliphatic heterocycles.